The SMILES string of the molecule is CCN1CC[C@]2(CN(C(=O)c3cccnc3OC)CC(F)(F)C2)C1=O. The molecule has 2 aliphatic heterocycles. The lowest BCUT2D eigenvalue weighted by Gasteiger charge is -2.42. The van der Waals surface area contributed by atoms with Crippen LogP contribution in [0.4, 0.5) is 8.78 Å². The molecule has 0 saturated carbocycles. The Bertz CT molecular complexity index is 697. The number of ether oxygens (including phenoxy) is 1. The topological polar surface area (TPSA) is 62.7 Å². The van der Waals surface area contributed by atoms with Gasteiger partial charge in [-0.1, -0.05) is 0 Å². The summed E-state index contributed by atoms with van der Waals surface area (Å²) in [5.74, 6) is -3.90. The van der Waals surface area contributed by atoms with Crippen LogP contribution < -0.4 is 4.74 Å². The van der Waals surface area contributed by atoms with E-state index in [9.17, 15) is 18.4 Å². The van der Waals surface area contributed by atoms with Crippen molar-refractivity contribution in [3.8, 4) is 5.88 Å². The zero-order valence-electron chi connectivity index (χ0n) is 14.3. The minimum atomic E-state index is -3.11. The lowest BCUT2D eigenvalue weighted by atomic mass is 9.76. The Morgan fingerprint density at radius 1 is 1.40 bits per heavy atom. The van der Waals surface area contributed by atoms with E-state index in [1.807, 2.05) is 6.92 Å². The molecule has 2 fully saturated rings. The number of methoxy groups -OCH3 is 1. The number of nitrogens with zero attached hydrogens (tertiary/aromatic N) is 3. The highest BCUT2D eigenvalue weighted by Gasteiger charge is 2.57. The summed E-state index contributed by atoms with van der Waals surface area (Å²) in [6.07, 6.45) is 1.29. The van der Waals surface area contributed by atoms with E-state index in [0.717, 1.165) is 4.90 Å². The van der Waals surface area contributed by atoms with Gasteiger partial charge in [-0.2, -0.15) is 0 Å². The smallest absolute Gasteiger partial charge is 0.266 e. The minimum absolute atomic E-state index is 0.00515. The highest BCUT2D eigenvalue weighted by atomic mass is 19.3. The van der Waals surface area contributed by atoms with Crippen molar-refractivity contribution in [2.24, 2.45) is 5.41 Å². The molecule has 0 unspecified atom stereocenters. The standard InChI is InChI=1S/C17H21F2N3O3/c1-3-21-8-6-16(15(21)24)9-17(18,19)11-22(10-16)14(23)12-5-4-7-20-13(12)25-2/h4-5,7H,3,6,8-11H2,1-2H3/t16-/m0/s1. The fraction of sp³-hybridized carbons (Fsp3) is 0.588. The first kappa shape index (κ1) is 17.6. The van der Waals surface area contributed by atoms with E-state index in [2.05, 4.69) is 4.98 Å². The van der Waals surface area contributed by atoms with Crippen LogP contribution in [0.2, 0.25) is 0 Å². The first-order chi connectivity index (χ1) is 11.8. The van der Waals surface area contributed by atoms with Crippen molar-refractivity contribution in [1.29, 1.82) is 0 Å². The fourth-order valence-corrected chi connectivity index (χ4v) is 3.84. The van der Waals surface area contributed by atoms with Crippen LogP contribution in [0, 0.1) is 5.41 Å². The molecular formula is C17H21F2N3O3. The first-order valence-electron chi connectivity index (χ1n) is 8.27. The van der Waals surface area contributed by atoms with Gasteiger partial charge in [0.25, 0.3) is 11.8 Å². The van der Waals surface area contributed by atoms with Crippen molar-refractivity contribution in [2.75, 3.05) is 33.3 Å². The maximum atomic E-state index is 14.4. The second-order valence-corrected chi connectivity index (χ2v) is 6.67. The number of likely N-dealkylation sites (tertiary alicyclic amines) is 2. The monoisotopic (exact) mass is 353 g/mol. The molecule has 1 aromatic rings. The number of alkyl halides is 2. The molecule has 0 bridgehead atoms. The molecule has 0 aromatic carbocycles. The van der Waals surface area contributed by atoms with Crippen molar-refractivity contribution in [3.05, 3.63) is 23.9 Å². The third kappa shape index (κ3) is 3.05. The lowest BCUT2D eigenvalue weighted by molar-refractivity contribution is -0.151. The number of carbonyl (C=O) groups excluding carboxylic acids is 2. The minimum Gasteiger partial charge on any atom is -0.480 e. The summed E-state index contributed by atoms with van der Waals surface area (Å²) in [6.45, 7) is 2.04. The molecule has 0 aliphatic carbocycles. The largest absolute Gasteiger partial charge is 0.480 e. The molecule has 2 saturated heterocycles. The predicted octanol–water partition coefficient (Wildman–Crippen LogP) is 1.81. The van der Waals surface area contributed by atoms with Crippen molar-refractivity contribution in [3.63, 3.8) is 0 Å². The summed E-state index contributed by atoms with van der Waals surface area (Å²) in [5.41, 5.74) is -1.08. The Balaban J connectivity index is 1.92. The van der Waals surface area contributed by atoms with Gasteiger partial charge in [-0.25, -0.2) is 13.8 Å². The number of hydrogen-bond donors (Lipinski definition) is 0. The maximum Gasteiger partial charge on any atom is 0.266 e. The summed E-state index contributed by atoms with van der Waals surface area (Å²) < 4.78 is 33.9. The number of pyridine rings is 1. The van der Waals surface area contributed by atoms with E-state index >= 15 is 0 Å². The molecule has 1 spiro atoms. The molecule has 6 nitrogen and oxygen atoms in total. The molecule has 2 amide bonds. The Labute approximate surface area is 144 Å². The molecule has 2 aliphatic rings. The normalized spacial score (nSPS) is 25.5. The van der Waals surface area contributed by atoms with Gasteiger partial charge in [0.1, 0.15) is 5.56 Å². The molecule has 3 rings (SSSR count). The van der Waals surface area contributed by atoms with Gasteiger partial charge in [-0.15, -0.1) is 0 Å². The second-order valence-electron chi connectivity index (χ2n) is 6.67. The van der Waals surface area contributed by atoms with Crippen molar-refractivity contribution in [2.45, 2.75) is 25.7 Å². The van der Waals surface area contributed by atoms with Crippen LogP contribution in [0.15, 0.2) is 18.3 Å². The summed E-state index contributed by atoms with van der Waals surface area (Å²) in [5, 5.41) is 0. The molecule has 1 atom stereocenters. The highest BCUT2D eigenvalue weighted by molar-refractivity contribution is 5.97. The quantitative estimate of drug-likeness (QED) is 0.831. The summed E-state index contributed by atoms with van der Waals surface area (Å²) >= 11 is 0. The second kappa shape index (κ2) is 6.24. The lowest BCUT2D eigenvalue weighted by Crippen LogP contribution is -2.57. The van der Waals surface area contributed by atoms with Crippen molar-refractivity contribution in [1.82, 2.24) is 14.8 Å². The van der Waals surface area contributed by atoms with Crippen LogP contribution in [-0.4, -0.2) is 65.8 Å². The summed E-state index contributed by atoms with van der Waals surface area (Å²) in [6, 6.07) is 3.04. The highest BCUT2D eigenvalue weighted by Crippen LogP contribution is 2.46. The fourth-order valence-electron chi connectivity index (χ4n) is 3.84. The number of amides is 2. The van der Waals surface area contributed by atoms with Gasteiger partial charge in [-0.3, -0.25) is 9.59 Å². The Morgan fingerprint density at radius 2 is 2.16 bits per heavy atom. The molecule has 0 N–H and O–H groups in total. The third-order valence-electron chi connectivity index (χ3n) is 4.98. The Hall–Kier alpha value is -2.25. The van der Waals surface area contributed by atoms with Crippen LogP contribution in [0.25, 0.3) is 0 Å². The van der Waals surface area contributed by atoms with Crippen LogP contribution >= 0.6 is 0 Å². The zero-order chi connectivity index (χ0) is 18.2. The van der Waals surface area contributed by atoms with Crippen LogP contribution in [-0.2, 0) is 4.79 Å². The van der Waals surface area contributed by atoms with E-state index in [1.165, 1.54) is 19.4 Å². The molecule has 25 heavy (non-hydrogen) atoms. The van der Waals surface area contributed by atoms with Gasteiger partial charge in [0.05, 0.1) is 19.1 Å². The van der Waals surface area contributed by atoms with Crippen LogP contribution in [0.5, 0.6) is 5.88 Å². The number of piperidine rings is 1. The number of halogens is 2. The molecule has 8 heteroatoms. The van der Waals surface area contributed by atoms with E-state index in [4.69, 9.17) is 4.74 Å². The summed E-state index contributed by atoms with van der Waals surface area (Å²) in [4.78, 5) is 32.1. The average Bonchev–Trinajstić information content (AvgIpc) is 2.88. The van der Waals surface area contributed by atoms with E-state index in [1.54, 1.807) is 11.0 Å². The average molecular weight is 353 g/mol. The van der Waals surface area contributed by atoms with Gasteiger partial charge in [0.2, 0.25) is 11.8 Å². The number of hydrogen-bond acceptors (Lipinski definition) is 4. The molecule has 0 radical (unpaired) electrons. The predicted molar refractivity (Wildman–Crippen MR) is 85.6 cm³/mol. The molecular weight excluding hydrogens is 332 g/mol. The first-order valence-corrected chi connectivity index (χ1v) is 8.27. The zero-order valence-corrected chi connectivity index (χ0v) is 14.3. The number of aromatic nitrogens is 1. The summed E-state index contributed by atoms with van der Waals surface area (Å²) in [7, 11) is 1.37. The van der Waals surface area contributed by atoms with Crippen molar-refractivity contribution >= 4 is 11.8 Å². The van der Waals surface area contributed by atoms with Gasteiger partial charge >= 0.3 is 0 Å². The molecule has 1 aromatic heterocycles. The van der Waals surface area contributed by atoms with Crippen LogP contribution in [0.3, 0.4) is 0 Å². The maximum absolute atomic E-state index is 14.4. The van der Waals surface area contributed by atoms with E-state index in [-0.39, 0.29) is 23.9 Å². The van der Waals surface area contributed by atoms with Crippen molar-refractivity contribution < 1.29 is 23.1 Å². The number of rotatable bonds is 3. The Kier molecular flexibility index (Phi) is 4.38. The molecule has 136 valence electrons. The van der Waals surface area contributed by atoms with Gasteiger partial charge < -0.3 is 14.5 Å². The van der Waals surface area contributed by atoms with Gasteiger partial charge in [-0.05, 0) is 25.5 Å². The number of carbonyl (C=O) groups is 2. The van der Waals surface area contributed by atoms with E-state index < -0.39 is 30.2 Å². The van der Waals surface area contributed by atoms with Crippen LogP contribution in [0.1, 0.15) is 30.1 Å². The third-order valence-corrected chi connectivity index (χ3v) is 4.98. The van der Waals surface area contributed by atoms with Gasteiger partial charge in [0.15, 0.2) is 0 Å². The Morgan fingerprint density at radius 3 is 2.80 bits per heavy atom. The van der Waals surface area contributed by atoms with Gasteiger partial charge in [0, 0.05) is 32.3 Å². The van der Waals surface area contributed by atoms with E-state index in [0.29, 0.717) is 19.5 Å². The molecule has 3 heterocycles.